The fourth-order valence-corrected chi connectivity index (χ4v) is 1.57. The molecular formula is C11H18N2O. The first-order chi connectivity index (χ1) is 6.66. The van der Waals surface area contributed by atoms with E-state index in [2.05, 4.69) is 18.8 Å². The Morgan fingerprint density at radius 1 is 1.36 bits per heavy atom. The molecule has 1 heterocycles. The van der Waals surface area contributed by atoms with Crippen LogP contribution in [0.3, 0.4) is 0 Å². The Morgan fingerprint density at radius 3 is 2.36 bits per heavy atom. The van der Waals surface area contributed by atoms with Gasteiger partial charge >= 0.3 is 0 Å². The second kappa shape index (κ2) is 5.08. The van der Waals surface area contributed by atoms with Gasteiger partial charge in [0.2, 0.25) is 0 Å². The molecule has 14 heavy (non-hydrogen) atoms. The molecule has 3 N–H and O–H groups in total. The van der Waals surface area contributed by atoms with Crippen molar-refractivity contribution in [3.63, 3.8) is 0 Å². The minimum atomic E-state index is -0.483. The Morgan fingerprint density at radius 2 is 1.93 bits per heavy atom. The van der Waals surface area contributed by atoms with Gasteiger partial charge in [-0.25, -0.2) is 0 Å². The minimum absolute atomic E-state index is 0.109. The summed E-state index contributed by atoms with van der Waals surface area (Å²) in [6.45, 7) is 4.64. The molecule has 1 rings (SSSR count). The van der Waals surface area contributed by atoms with Gasteiger partial charge < -0.3 is 10.8 Å². The van der Waals surface area contributed by atoms with E-state index in [9.17, 15) is 5.11 Å². The summed E-state index contributed by atoms with van der Waals surface area (Å²) in [6.07, 6.45) is 2.89. The maximum absolute atomic E-state index is 10.0. The van der Waals surface area contributed by atoms with Crippen molar-refractivity contribution in [3.8, 4) is 0 Å². The highest BCUT2D eigenvalue weighted by atomic mass is 16.3. The van der Waals surface area contributed by atoms with E-state index in [-0.39, 0.29) is 5.92 Å². The van der Waals surface area contributed by atoms with Crippen LogP contribution in [-0.4, -0.2) is 16.6 Å². The quantitative estimate of drug-likeness (QED) is 0.760. The molecule has 0 saturated carbocycles. The number of aromatic nitrogens is 1. The molecule has 78 valence electrons. The second-order valence-electron chi connectivity index (χ2n) is 3.87. The molecule has 0 aliphatic carbocycles. The SMILES string of the molecule is CC(C)C(CN)C(O)c1ccncc1. The first-order valence-electron chi connectivity index (χ1n) is 4.95. The smallest absolute Gasteiger partial charge is 0.0833 e. The maximum atomic E-state index is 10.0. The molecule has 0 fully saturated rings. The Hall–Kier alpha value is -0.930. The van der Waals surface area contributed by atoms with E-state index in [1.54, 1.807) is 12.4 Å². The zero-order valence-electron chi connectivity index (χ0n) is 8.72. The molecule has 0 amide bonds. The Balaban J connectivity index is 2.78. The van der Waals surface area contributed by atoms with E-state index in [1.807, 2.05) is 12.1 Å². The van der Waals surface area contributed by atoms with Gasteiger partial charge in [-0.05, 0) is 30.2 Å². The lowest BCUT2D eigenvalue weighted by atomic mass is 9.87. The molecule has 1 aromatic heterocycles. The molecule has 2 atom stereocenters. The summed E-state index contributed by atoms with van der Waals surface area (Å²) in [5, 5.41) is 10.0. The summed E-state index contributed by atoms with van der Waals surface area (Å²) in [4.78, 5) is 3.92. The van der Waals surface area contributed by atoms with Crippen LogP contribution in [0.15, 0.2) is 24.5 Å². The number of aliphatic hydroxyl groups excluding tert-OH is 1. The lowest BCUT2D eigenvalue weighted by Gasteiger charge is -2.24. The van der Waals surface area contributed by atoms with E-state index in [1.165, 1.54) is 0 Å². The van der Waals surface area contributed by atoms with Crippen molar-refractivity contribution in [1.29, 1.82) is 0 Å². The third-order valence-corrected chi connectivity index (χ3v) is 2.58. The standard InChI is InChI=1S/C11H18N2O/c1-8(2)10(7-12)11(14)9-3-5-13-6-4-9/h3-6,8,10-11,14H,7,12H2,1-2H3. The molecule has 0 radical (unpaired) electrons. The van der Waals surface area contributed by atoms with Gasteiger partial charge in [0, 0.05) is 18.3 Å². The predicted molar refractivity (Wildman–Crippen MR) is 56.6 cm³/mol. The van der Waals surface area contributed by atoms with Crippen LogP contribution in [0.4, 0.5) is 0 Å². The number of nitrogens with zero attached hydrogens (tertiary/aromatic N) is 1. The Labute approximate surface area is 85.0 Å². The lowest BCUT2D eigenvalue weighted by molar-refractivity contribution is 0.0860. The third-order valence-electron chi connectivity index (χ3n) is 2.58. The van der Waals surface area contributed by atoms with Crippen LogP contribution in [0.25, 0.3) is 0 Å². The monoisotopic (exact) mass is 194 g/mol. The van der Waals surface area contributed by atoms with Crippen LogP contribution in [0.2, 0.25) is 0 Å². The van der Waals surface area contributed by atoms with Crippen LogP contribution < -0.4 is 5.73 Å². The topological polar surface area (TPSA) is 59.1 Å². The van der Waals surface area contributed by atoms with Crippen LogP contribution in [-0.2, 0) is 0 Å². The molecule has 0 spiro atoms. The summed E-state index contributed by atoms with van der Waals surface area (Å²) in [5.41, 5.74) is 6.53. The number of rotatable bonds is 4. The van der Waals surface area contributed by atoms with Crippen molar-refractivity contribution >= 4 is 0 Å². The lowest BCUT2D eigenvalue weighted by Crippen LogP contribution is -2.26. The maximum Gasteiger partial charge on any atom is 0.0833 e. The fraction of sp³-hybridized carbons (Fsp3) is 0.545. The van der Waals surface area contributed by atoms with E-state index in [0.29, 0.717) is 12.5 Å². The highest BCUT2D eigenvalue weighted by molar-refractivity contribution is 5.14. The molecule has 0 aliphatic heterocycles. The second-order valence-corrected chi connectivity index (χ2v) is 3.87. The summed E-state index contributed by atoms with van der Waals surface area (Å²) < 4.78 is 0. The van der Waals surface area contributed by atoms with Crippen LogP contribution in [0, 0.1) is 11.8 Å². The molecule has 0 bridgehead atoms. The first kappa shape index (κ1) is 11.1. The van der Waals surface area contributed by atoms with E-state index in [0.717, 1.165) is 5.56 Å². The summed E-state index contributed by atoms with van der Waals surface area (Å²) in [5.74, 6) is 0.487. The molecular weight excluding hydrogens is 176 g/mol. The van der Waals surface area contributed by atoms with Gasteiger partial charge in [0.05, 0.1) is 6.10 Å². The molecule has 3 heteroatoms. The summed E-state index contributed by atoms with van der Waals surface area (Å²) in [6, 6.07) is 3.66. The van der Waals surface area contributed by atoms with E-state index in [4.69, 9.17) is 5.73 Å². The Kier molecular flexibility index (Phi) is 4.04. The number of aliphatic hydroxyl groups is 1. The highest BCUT2D eigenvalue weighted by Gasteiger charge is 2.22. The highest BCUT2D eigenvalue weighted by Crippen LogP contribution is 2.26. The van der Waals surface area contributed by atoms with Gasteiger partial charge in [0.25, 0.3) is 0 Å². The van der Waals surface area contributed by atoms with Crippen LogP contribution in [0.1, 0.15) is 25.5 Å². The largest absolute Gasteiger partial charge is 0.388 e. The van der Waals surface area contributed by atoms with Crippen LogP contribution in [0.5, 0.6) is 0 Å². The number of hydrogen-bond donors (Lipinski definition) is 2. The van der Waals surface area contributed by atoms with Gasteiger partial charge in [0.15, 0.2) is 0 Å². The van der Waals surface area contributed by atoms with Gasteiger partial charge in [-0.3, -0.25) is 4.98 Å². The zero-order valence-corrected chi connectivity index (χ0v) is 8.72. The normalized spacial score (nSPS) is 15.5. The van der Waals surface area contributed by atoms with Crippen molar-refractivity contribution in [2.75, 3.05) is 6.54 Å². The van der Waals surface area contributed by atoms with E-state index >= 15 is 0 Å². The van der Waals surface area contributed by atoms with Crippen molar-refractivity contribution in [3.05, 3.63) is 30.1 Å². The van der Waals surface area contributed by atoms with E-state index < -0.39 is 6.10 Å². The van der Waals surface area contributed by atoms with Crippen molar-refractivity contribution in [2.24, 2.45) is 17.6 Å². The first-order valence-corrected chi connectivity index (χ1v) is 4.95. The van der Waals surface area contributed by atoms with Gasteiger partial charge in [-0.15, -0.1) is 0 Å². The molecule has 0 aromatic carbocycles. The van der Waals surface area contributed by atoms with Crippen molar-refractivity contribution < 1.29 is 5.11 Å². The third kappa shape index (κ3) is 2.53. The fourth-order valence-electron chi connectivity index (χ4n) is 1.57. The summed E-state index contributed by atoms with van der Waals surface area (Å²) in [7, 11) is 0. The van der Waals surface area contributed by atoms with Crippen molar-refractivity contribution in [2.45, 2.75) is 20.0 Å². The molecule has 0 aliphatic rings. The molecule has 3 nitrogen and oxygen atoms in total. The number of pyridine rings is 1. The van der Waals surface area contributed by atoms with Gasteiger partial charge in [-0.1, -0.05) is 13.8 Å². The molecule has 0 saturated heterocycles. The minimum Gasteiger partial charge on any atom is -0.388 e. The number of hydrogen-bond acceptors (Lipinski definition) is 3. The van der Waals surface area contributed by atoms with Crippen LogP contribution >= 0.6 is 0 Å². The molecule has 1 aromatic rings. The average Bonchev–Trinajstić information content (AvgIpc) is 2.19. The van der Waals surface area contributed by atoms with Gasteiger partial charge in [-0.2, -0.15) is 0 Å². The number of nitrogens with two attached hydrogens (primary N) is 1. The van der Waals surface area contributed by atoms with Gasteiger partial charge in [0.1, 0.15) is 0 Å². The zero-order chi connectivity index (χ0) is 10.6. The average molecular weight is 194 g/mol. The summed E-state index contributed by atoms with van der Waals surface area (Å²) >= 11 is 0. The molecule has 2 unspecified atom stereocenters. The predicted octanol–water partition coefficient (Wildman–Crippen LogP) is 1.35. The van der Waals surface area contributed by atoms with Crippen molar-refractivity contribution in [1.82, 2.24) is 4.98 Å². The Bertz CT molecular complexity index is 261.